The van der Waals surface area contributed by atoms with Gasteiger partial charge in [0, 0.05) is 13.0 Å². The van der Waals surface area contributed by atoms with Crippen LogP contribution in [0.2, 0.25) is 0 Å². The van der Waals surface area contributed by atoms with E-state index in [9.17, 15) is 4.79 Å². The molecule has 0 aliphatic heterocycles. The molecule has 100 valence electrons. The minimum absolute atomic E-state index is 0.0886. The van der Waals surface area contributed by atoms with Gasteiger partial charge < -0.3 is 16.4 Å². The van der Waals surface area contributed by atoms with Crippen molar-refractivity contribution in [2.75, 3.05) is 26.7 Å². The summed E-state index contributed by atoms with van der Waals surface area (Å²) in [6, 6.07) is 0. The first-order chi connectivity index (χ1) is 8.22. The summed E-state index contributed by atoms with van der Waals surface area (Å²) in [4.78, 5) is 11.9. The minimum Gasteiger partial charge on any atom is -0.356 e. The molecule has 1 rings (SSSR count). The SMILES string of the molecule is CNCCCNC(=O)CC1(CN)CCCCC1. The predicted molar refractivity (Wildman–Crippen MR) is 70.7 cm³/mol. The molecule has 1 amide bonds. The fourth-order valence-electron chi connectivity index (χ4n) is 2.65. The van der Waals surface area contributed by atoms with Crippen LogP contribution in [0.1, 0.15) is 44.9 Å². The molecule has 0 aromatic heterocycles. The molecule has 4 nitrogen and oxygen atoms in total. The van der Waals surface area contributed by atoms with Crippen LogP contribution in [-0.2, 0) is 4.79 Å². The van der Waals surface area contributed by atoms with E-state index in [1.165, 1.54) is 19.3 Å². The van der Waals surface area contributed by atoms with Crippen molar-refractivity contribution in [3.63, 3.8) is 0 Å². The first-order valence-electron chi connectivity index (χ1n) is 6.84. The smallest absolute Gasteiger partial charge is 0.220 e. The van der Waals surface area contributed by atoms with E-state index >= 15 is 0 Å². The van der Waals surface area contributed by atoms with Gasteiger partial charge in [-0.15, -0.1) is 0 Å². The van der Waals surface area contributed by atoms with Gasteiger partial charge in [-0.1, -0.05) is 19.3 Å². The molecule has 1 saturated carbocycles. The summed E-state index contributed by atoms with van der Waals surface area (Å²) in [5.74, 6) is 0.174. The maximum atomic E-state index is 11.9. The normalized spacial score (nSPS) is 18.9. The van der Waals surface area contributed by atoms with Gasteiger partial charge in [0.25, 0.3) is 0 Å². The standard InChI is InChI=1S/C13H27N3O/c1-15-8-5-9-16-12(17)10-13(11-14)6-3-2-4-7-13/h15H,2-11,14H2,1H3,(H,16,17). The number of rotatable bonds is 7. The quantitative estimate of drug-likeness (QED) is 0.583. The average Bonchev–Trinajstić information content (AvgIpc) is 2.36. The number of hydrogen-bond acceptors (Lipinski definition) is 3. The van der Waals surface area contributed by atoms with Gasteiger partial charge >= 0.3 is 0 Å². The molecule has 0 unspecified atom stereocenters. The Balaban J connectivity index is 2.27. The van der Waals surface area contributed by atoms with Crippen LogP contribution in [0.5, 0.6) is 0 Å². The van der Waals surface area contributed by atoms with Crippen LogP contribution >= 0.6 is 0 Å². The summed E-state index contributed by atoms with van der Waals surface area (Å²) in [6.45, 7) is 2.36. The van der Waals surface area contributed by atoms with E-state index in [1.807, 2.05) is 7.05 Å². The van der Waals surface area contributed by atoms with Crippen LogP contribution in [0, 0.1) is 5.41 Å². The van der Waals surface area contributed by atoms with Gasteiger partial charge in [-0.05, 0) is 44.8 Å². The van der Waals surface area contributed by atoms with Gasteiger partial charge in [-0.25, -0.2) is 0 Å². The van der Waals surface area contributed by atoms with Gasteiger partial charge in [-0.2, -0.15) is 0 Å². The first kappa shape index (κ1) is 14.5. The lowest BCUT2D eigenvalue weighted by Gasteiger charge is -2.35. The van der Waals surface area contributed by atoms with E-state index in [-0.39, 0.29) is 11.3 Å². The third-order valence-corrected chi connectivity index (χ3v) is 3.81. The van der Waals surface area contributed by atoms with E-state index in [2.05, 4.69) is 10.6 Å². The van der Waals surface area contributed by atoms with Gasteiger partial charge in [0.05, 0.1) is 0 Å². The van der Waals surface area contributed by atoms with E-state index in [0.29, 0.717) is 13.0 Å². The van der Waals surface area contributed by atoms with Crippen molar-refractivity contribution in [2.24, 2.45) is 11.1 Å². The van der Waals surface area contributed by atoms with Crippen molar-refractivity contribution in [2.45, 2.75) is 44.9 Å². The fourth-order valence-corrected chi connectivity index (χ4v) is 2.65. The molecule has 4 heteroatoms. The number of carbonyl (C=O) groups excluding carboxylic acids is 1. The molecule has 4 N–H and O–H groups in total. The van der Waals surface area contributed by atoms with Gasteiger partial charge in [-0.3, -0.25) is 4.79 Å². The molecule has 0 bridgehead atoms. The highest BCUT2D eigenvalue weighted by Gasteiger charge is 2.32. The molecule has 1 aliphatic carbocycles. The van der Waals surface area contributed by atoms with Crippen LogP contribution in [0.25, 0.3) is 0 Å². The zero-order valence-corrected chi connectivity index (χ0v) is 11.1. The zero-order valence-electron chi connectivity index (χ0n) is 11.1. The van der Waals surface area contributed by atoms with Crippen LogP contribution < -0.4 is 16.4 Å². The molecule has 0 aromatic carbocycles. The third kappa shape index (κ3) is 5.04. The van der Waals surface area contributed by atoms with Gasteiger partial charge in [0.1, 0.15) is 0 Å². The van der Waals surface area contributed by atoms with E-state index in [1.54, 1.807) is 0 Å². The Hall–Kier alpha value is -0.610. The van der Waals surface area contributed by atoms with Crippen molar-refractivity contribution in [1.29, 1.82) is 0 Å². The highest BCUT2D eigenvalue weighted by Crippen LogP contribution is 2.38. The maximum absolute atomic E-state index is 11.9. The summed E-state index contributed by atoms with van der Waals surface area (Å²) >= 11 is 0. The highest BCUT2D eigenvalue weighted by atomic mass is 16.1. The van der Waals surface area contributed by atoms with Crippen LogP contribution in [-0.4, -0.2) is 32.6 Å². The molecule has 0 spiro atoms. The minimum atomic E-state index is 0.0886. The largest absolute Gasteiger partial charge is 0.356 e. The summed E-state index contributed by atoms with van der Waals surface area (Å²) in [6.07, 6.45) is 7.59. The molecule has 0 heterocycles. The molecule has 0 saturated heterocycles. The van der Waals surface area contributed by atoms with E-state index < -0.39 is 0 Å². The zero-order chi connectivity index (χ0) is 12.6. The van der Waals surface area contributed by atoms with Crippen molar-refractivity contribution >= 4 is 5.91 Å². The highest BCUT2D eigenvalue weighted by molar-refractivity contribution is 5.76. The van der Waals surface area contributed by atoms with Gasteiger partial charge in [0.15, 0.2) is 0 Å². The molecule has 0 radical (unpaired) electrons. The summed E-state index contributed by atoms with van der Waals surface area (Å²) < 4.78 is 0. The molecule has 0 aromatic rings. The molecule has 17 heavy (non-hydrogen) atoms. The Morgan fingerprint density at radius 3 is 2.53 bits per heavy atom. The monoisotopic (exact) mass is 241 g/mol. The van der Waals surface area contributed by atoms with E-state index in [0.717, 1.165) is 32.4 Å². The molecule has 0 atom stereocenters. The van der Waals surface area contributed by atoms with Crippen molar-refractivity contribution < 1.29 is 4.79 Å². The van der Waals surface area contributed by atoms with Crippen molar-refractivity contribution in [3.8, 4) is 0 Å². The lowest BCUT2D eigenvalue weighted by molar-refractivity contribution is -0.123. The summed E-state index contributed by atoms with van der Waals surface area (Å²) in [5, 5.41) is 6.06. The molecular formula is C13H27N3O. The number of hydrogen-bond donors (Lipinski definition) is 3. The van der Waals surface area contributed by atoms with E-state index in [4.69, 9.17) is 5.73 Å². The van der Waals surface area contributed by atoms with Crippen molar-refractivity contribution in [1.82, 2.24) is 10.6 Å². The Morgan fingerprint density at radius 2 is 1.94 bits per heavy atom. The van der Waals surface area contributed by atoms with Crippen LogP contribution in [0.15, 0.2) is 0 Å². The lowest BCUT2D eigenvalue weighted by atomic mass is 9.71. The second kappa shape index (κ2) is 7.67. The second-order valence-corrected chi connectivity index (χ2v) is 5.25. The number of nitrogens with two attached hydrogens (primary N) is 1. The molecular weight excluding hydrogens is 214 g/mol. The summed E-state index contributed by atoms with van der Waals surface area (Å²) in [5.41, 5.74) is 5.96. The van der Waals surface area contributed by atoms with Crippen LogP contribution in [0.4, 0.5) is 0 Å². The summed E-state index contributed by atoms with van der Waals surface area (Å²) in [7, 11) is 1.92. The van der Waals surface area contributed by atoms with Crippen LogP contribution in [0.3, 0.4) is 0 Å². The number of carbonyl (C=O) groups is 1. The number of amides is 1. The maximum Gasteiger partial charge on any atom is 0.220 e. The molecule has 1 fully saturated rings. The lowest BCUT2D eigenvalue weighted by Crippen LogP contribution is -2.39. The van der Waals surface area contributed by atoms with Gasteiger partial charge in [0.2, 0.25) is 5.91 Å². The average molecular weight is 241 g/mol. The molecule has 1 aliphatic rings. The Labute approximate surface area is 105 Å². The predicted octanol–water partition coefficient (Wildman–Crippen LogP) is 1.01. The first-order valence-corrected chi connectivity index (χ1v) is 6.84. The topological polar surface area (TPSA) is 67.1 Å². The Bertz CT molecular complexity index is 225. The van der Waals surface area contributed by atoms with Crippen molar-refractivity contribution in [3.05, 3.63) is 0 Å². The number of nitrogens with one attached hydrogen (secondary N) is 2. The third-order valence-electron chi connectivity index (χ3n) is 3.81. The Kier molecular flexibility index (Phi) is 6.52. The fraction of sp³-hybridized carbons (Fsp3) is 0.923. The second-order valence-electron chi connectivity index (χ2n) is 5.25. The Morgan fingerprint density at radius 1 is 1.24 bits per heavy atom.